The minimum absolute atomic E-state index is 0.0850. The summed E-state index contributed by atoms with van der Waals surface area (Å²) in [6.07, 6.45) is 0. The van der Waals surface area contributed by atoms with Gasteiger partial charge < -0.3 is 9.84 Å². The largest absolute Gasteiger partial charge is 0.505 e. The predicted octanol–water partition coefficient (Wildman–Crippen LogP) is 0.281. The molecule has 1 N–H and O–H groups in total. The number of fused-ring (bicyclic) bond motifs is 3. The van der Waals surface area contributed by atoms with Gasteiger partial charge in [-0.05, 0) is 6.92 Å². The van der Waals surface area contributed by atoms with Gasteiger partial charge in [0.2, 0.25) is 0 Å². The highest BCUT2D eigenvalue weighted by Gasteiger charge is 2.24. The quantitative estimate of drug-likeness (QED) is 0.790. The summed E-state index contributed by atoms with van der Waals surface area (Å²) in [7, 11) is 0. The first-order valence-electron chi connectivity index (χ1n) is 7.05. The Balaban J connectivity index is 2.42. The monoisotopic (exact) mass is 318 g/mol. The summed E-state index contributed by atoms with van der Waals surface area (Å²) in [6, 6.07) is 10.5. The standard InChI is InChI=1S/C17H10N4O3/c1-2-24-17(23)11(7-18)13-12(8-19)20-15-14(21-13)9-5-3-4-6-10(9)16(15)22/h3-6,22H,2H2,1H3/b13-11+. The lowest BCUT2D eigenvalue weighted by Gasteiger charge is -2.02. The van der Waals surface area contributed by atoms with Crippen LogP contribution in [-0.2, 0) is 9.53 Å². The van der Waals surface area contributed by atoms with Crippen LogP contribution in [0.2, 0.25) is 0 Å². The number of nitriles is 2. The van der Waals surface area contributed by atoms with Crippen LogP contribution in [0.4, 0.5) is 0 Å². The molecule has 7 nitrogen and oxygen atoms in total. The third-order valence-corrected chi connectivity index (χ3v) is 3.49. The molecule has 0 fully saturated rings. The predicted molar refractivity (Wildman–Crippen MR) is 82.2 cm³/mol. The molecule has 7 heteroatoms. The van der Waals surface area contributed by atoms with Crippen molar-refractivity contribution in [3.63, 3.8) is 0 Å². The maximum absolute atomic E-state index is 11.9. The van der Waals surface area contributed by atoms with E-state index in [1.165, 1.54) is 0 Å². The van der Waals surface area contributed by atoms with Gasteiger partial charge in [0.15, 0.2) is 17.0 Å². The number of hydrogen-bond donors (Lipinski definition) is 1. The number of rotatable bonds is 2. The van der Waals surface area contributed by atoms with Crippen molar-refractivity contribution in [2.75, 3.05) is 6.61 Å². The van der Waals surface area contributed by atoms with Gasteiger partial charge in [-0.3, -0.25) is 0 Å². The van der Waals surface area contributed by atoms with E-state index in [1.807, 2.05) is 0 Å². The molecule has 3 rings (SSSR count). The highest BCUT2D eigenvalue weighted by molar-refractivity contribution is 6.15. The first-order valence-corrected chi connectivity index (χ1v) is 7.05. The Morgan fingerprint density at radius 2 is 1.96 bits per heavy atom. The zero-order chi connectivity index (χ0) is 17.3. The molecule has 116 valence electrons. The van der Waals surface area contributed by atoms with E-state index in [0.29, 0.717) is 16.8 Å². The van der Waals surface area contributed by atoms with Crippen LogP contribution >= 0.6 is 0 Å². The summed E-state index contributed by atoms with van der Waals surface area (Å²) in [5, 5.41) is 28.8. The normalized spacial score (nSPS) is 12.5. The summed E-state index contributed by atoms with van der Waals surface area (Å²) in [5.41, 5.74) is 0.840. The molecule has 1 aliphatic carbocycles. The fourth-order valence-electron chi connectivity index (χ4n) is 2.46. The van der Waals surface area contributed by atoms with Gasteiger partial charge in [0, 0.05) is 11.1 Å². The van der Waals surface area contributed by atoms with Gasteiger partial charge in [-0.1, -0.05) is 24.3 Å². The molecule has 0 radical (unpaired) electrons. The fraction of sp³-hybridized carbons (Fsp3) is 0.118. The van der Waals surface area contributed by atoms with Crippen molar-refractivity contribution in [1.82, 2.24) is 9.97 Å². The minimum Gasteiger partial charge on any atom is -0.505 e. The van der Waals surface area contributed by atoms with Crippen molar-refractivity contribution in [3.05, 3.63) is 46.2 Å². The lowest BCUT2D eigenvalue weighted by molar-refractivity contribution is -0.136. The number of ether oxygens (including phenoxy) is 1. The maximum atomic E-state index is 11.9. The van der Waals surface area contributed by atoms with Gasteiger partial charge in [0.25, 0.3) is 0 Å². The van der Waals surface area contributed by atoms with E-state index in [4.69, 9.17) is 4.74 Å². The van der Waals surface area contributed by atoms with Crippen LogP contribution in [0.3, 0.4) is 0 Å². The Kier molecular flexibility index (Phi) is 3.69. The van der Waals surface area contributed by atoms with Crippen molar-refractivity contribution < 1.29 is 14.6 Å². The third kappa shape index (κ3) is 2.16. The number of aliphatic hydroxyl groups is 1. The molecule has 0 spiro atoms. The average molecular weight is 318 g/mol. The molecule has 0 saturated carbocycles. The highest BCUT2D eigenvalue weighted by Crippen LogP contribution is 2.27. The number of esters is 1. The lowest BCUT2D eigenvalue weighted by atomic mass is 10.1. The van der Waals surface area contributed by atoms with Crippen molar-refractivity contribution in [3.8, 4) is 23.4 Å². The summed E-state index contributed by atoms with van der Waals surface area (Å²) >= 11 is 0. The van der Waals surface area contributed by atoms with Crippen molar-refractivity contribution in [1.29, 1.82) is 10.5 Å². The number of aliphatic hydroxyl groups excluding tert-OH is 1. The fourth-order valence-corrected chi connectivity index (χ4v) is 2.46. The molecule has 1 aliphatic rings. The number of carbonyl (C=O) groups excluding carboxylic acids is 1. The Morgan fingerprint density at radius 3 is 2.58 bits per heavy atom. The Bertz CT molecular complexity index is 1070. The number of nitrogens with zero attached hydrogens (tertiary/aromatic N) is 4. The molecule has 1 aromatic heterocycles. The smallest absolute Gasteiger partial charge is 0.351 e. The van der Waals surface area contributed by atoms with Gasteiger partial charge in [-0.2, -0.15) is 10.5 Å². The van der Waals surface area contributed by atoms with E-state index in [0.717, 1.165) is 0 Å². The molecule has 2 aromatic rings. The maximum Gasteiger partial charge on any atom is 0.351 e. The molecule has 0 bridgehead atoms. The number of hydrogen-bond acceptors (Lipinski definition) is 7. The summed E-state index contributed by atoms with van der Waals surface area (Å²) in [6.45, 7) is 1.69. The van der Waals surface area contributed by atoms with Gasteiger partial charge in [-0.15, -0.1) is 0 Å². The van der Waals surface area contributed by atoms with Gasteiger partial charge >= 0.3 is 5.97 Å². The van der Waals surface area contributed by atoms with Crippen LogP contribution in [0.15, 0.2) is 24.3 Å². The minimum atomic E-state index is -0.870. The van der Waals surface area contributed by atoms with Crippen molar-refractivity contribution >= 4 is 17.3 Å². The van der Waals surface area contributed by atoms with E-state index in [-0.39, 0.29) is 28.8 Å². The van der Waals surface area contributed by atoms with E-state index < -0.39 is 11.5 Å². The Morgan fingerprint density at radius 1 is 1.25 bits per heavy atom. The van der Waals surface area contributed by atoms with E-state index >= 15 is 0 Å². The van der Waals surface area contributed by atoms with Gasteiger partial charge in [-0.25, -0.2) is 14.8 Å². The van der Waals surface area contributed by atoms with E-state index in [1.54, 1.807) is 43.3 Å². The van der Waals surface area contributed by atoms with Crippen LogP contribution < -0.4 is 10.7 Å². The molecule has 0 amide bonds. The second-order valence-electron chi connectivity index (χ2n) is 4.83. The average Bonchev–Trinajstić information content (AvgIpc) is 2.88. The second kappa shape index (κ2) is 5.82. The summed E-state index contributed by atoms with van der Waals surface area (Å²) in [4.78, 5) is 20.3. The molecular formula is C17H10N4O3. The molecule has 0 aliphatic heterocycles. The zero-order valence-electron chi connectivity index (χ0n) is 12.6. The van der Waals surface area contributed by atoms with Crippen LogP contribution in [0.5, 0.6) is 0 Å². The topological polar surface area (TPSA) is 120 Å². The van der Waals surface area contributed by atoms with E-state index in [2.05, 4.69) is 9.97 Å². The number of benzene rings is 1. The molecule has 0 unspecified atom stereocenters. The molecule has 0 saturated heterocycles. The molecule has 1 aromatic carbocycles. The third-order valence-electron chi connectivity index (χ3n) is 3.49. The first kappa shape index (κ1) is 15.2. The van der Waals surface area contributed by atoms with Crippen molar-refractivity contribution in [2.45, 2.75) is 6.92 Å². The van der Waals surface area contributed by atoms with Crippen LogP contribution in [0, 0.1) is 22.7 Å². The first-order chi connectivity index (χ1) is 11.6. The SMILES string of the molecule is CCOC(=O)/C(C#N)=c1/nc2c(nc1C#N)=C(O)c1ccccc1-2. The zero-order valence-corrected chi connectivity index (χ0v) is 12.6. The molecule has 24 heavy (non-hydrogen) atoms. The molecule has 1 heterocycles. The van der Waals surface area contributed by atoms with E-state index in [9.17, 15) is 20.4 Å². The molecular weight excluding hydrogens is 308 g/mol. The lowest BCUT2D eigenvalue weighted by Crippen LogP contribution is -2.29. The summed E-state index contributed by atoms with van der Waals surface area (Å²) in [5.74, 6) is -0.962. The number of carbonyl (C=O) groups is 1. The van der Waals surface area contributed by atoms with Crippen molar-refractivity contribution in [2.24, 2.45) is 0 Å². The molecule has 0 atom stereocenters. The Labute approximate surface area is 136 Å². The van der Waals surface area contributed by atoms with Gasteiger partial charge in [0.1, 0.15) is 28.5 Å². The number of aromatic nitrogens is 2. The summed E-state index contributed by atoms with van der Waals surface area (Å²) < 4.78 is 4.83. The highest BCUT2D eigenvalue weighted by atomic mass is 16.5. The van der Waals surface area contributed by atoms with Crippen LogP contribution in [0.1, 0.15) is 18.2 Å². The Hall–Kier alpha value is -3.71. The van der Waals surface area contributed by atoms with Crippen LogP contribution in [0.25, 0.3) is 22.6 Å². The van der Waals surface area contributed by atoms with Gasteiger partial charge in [0.05, 0.1) is 6.61 Å². The van der Waals surface area contributed by atoms with Crippen LogP contribution in [-0.4, -0.2) is 27.7 Å². The second-order valence-corrected chi connectivity index (χ2v) is 4.83.